The van der Waals surface area contributed by atoms with Gasteiger partial charge in [-0.3, -0.25) is 4.72 Å². The number of hydrogen-bond acceptors (Lipinski definition) is 9. The molecule has 4 aromatic rings. The maximum Gasteiger partial charge on any atom is 0.261 e. The number of anilines is 1. The summed E-state index contributed by atoms with van der Waals surface area (Å²) in [6.07, 6.45) is 1.40. The minimum atomic E-state index is -3.75. The molecule has 27 heavy (non-hydrogen) atoms. The van der Waals surface area contributed by atoms with Gasteiger partial charge in [-0.05, 0) is 52.9 Å². The van der Waals surface area contributed by atoms with Crippen molar-refractivity contribution in [3.8, 4) is 5.69 Å². The van der Waals surface area contributed by atoms with Crippen molar-refractivity contribution in [3.05, 3.63) is 60.4 Å². The average Bonchev–Trinajstić information content (AvgIpc) is 3.37. The quantitative estimate of drug-likeness (QED) is 0.509. The molecule has 0 aliphatic heterocycles. The summed E-state index contributed by atoms with van der Waals surface area (Å²) >= 11 is 2.91. The molecule has 9 nitrogen and oxygen atoms in total. The molecule has 4 rings (SSSR count). The molecule has 136 valence electrons. The predicted octanol–water partition coefficient (Wildman–Crippen LogP) is 2.47. The zero-order valence-electron chi connectivity index (χ0n) is 13.5. The predicted molar refractivity (Wildman–Crippen MR) is 100 cm³/mol. The van der Waals surface area contributed by atoms with E-state index in [1.807, 2.05) is 12.1 Å². The lowest BCUT2D eigenvalue weighted by Crippen LogP contribution is -2.13. The Balaban J connectivity index is 1.52. The van der Waals surface area contributed by atoms with Crippen molar-refractivity contribution in [2.75, 3.05) is 4.72 Å². The highest BCUT2D eigenvalue weighted by Gasteiger charge is 2.15. The summed E-state index contributed by atoms with van der Waals surface area (Å²) in [5.74, 6) is 0. The van der Waals surface area contributed by atoms with Crippen LogP contribution in [0.4, 0.5) is 5.69 Å². The molecule has 12 heteroatoms. The Bertz CT molecular complexity index is 1130. The smallest absolute Gasteiger partial charge is 0.261 e. The molecule has 0 fully saturated rings. The number of sulfonamides is 1. The van der Waals surface area contributed by atoms with Gasteiger partial charge in [-0.1, -0.05) is 29.2 Å². The van der Waals surface area contributed by atoms with E-state index in [1.165, 1.54) is 46.2 Å². The zero-order chi connectivity index (χ0) is 18.7. The Morgan fingerprint density at radius 3 is 2.63 bits per heavy atom. The van der Waals surface area contributed by atoms with Crippen molar-refractivity contribution in [1.82, 2.24) is 30.4 Å². The molecule has 1 N–H and O–H groups in total. The largest absolute Gasteiger partial charge is 0.280 e. The number of hydrogen-bond donors (Lipinski definition) is 1. The summed E-state index contributed by atoms with van der Waals surface area (Å²) in [4.78, 5) is 1.05. The van der Waals surface area contributed by atoms with Crippen LogP contribution in [0.1, 0.15) is 0 Å². The van der Waals surface area contributed by atoms with Gasteiger partial charge in [-0.2, -0.15) is 0 Å². The van der Waals surface area contributed by atoms with Crippen LogP contribution in [0.15, 0.2) is 74.5 Å². The average molecular weight is 418 g/mol. The van der Waals surface area contributed by atoms with E-state index in [4.69, 9.17) is 0 Å². The first-order valence-electron chi connectivity index (χ1n) is 7.50. The number of nitrogens with zero attached hydrogens (tertiary/aromatic N) is 6. The highest BCUT2D eigenvalue weighted by Crippen LogP contribution is 2.29. The van der Waals surface area contributed by atoms with Crippen LogP contribution in [0.5, 0.6) is 0 Å². The fourth-order valence-electron chi connectivity index (χ4n) is 2.19. The summed E-state index contributed by atoms with van der Waals surface area (Å²) in [5, 5.41) is 18.6. The summed E-state index contributed by atoms with van der Waals surface area (Å²) in [5.41, 5.74) is 2.67. The van der Waals surface area contributed by atoms with Gasteiger partial charge >= 0.3 is 0 Å². The third kappa shape index (κ3) is 4.13. The molecule has 0 amide bonds. The second-order valence-electron chi connectivity index (χ2n) is 5.19. The number of aromatic nitrogens is 6. The molecule has 0 radical (unpaired) electrons. The zero-order valence-corrected chi connectivity index (χ0v) is 15.9. The van der Waals surface area contributed by atoms with Crippen LogP contribution in [0.2, 0.25) is 0 Å². The Morgan fingerprint density at radius 2 is 1.93 bits per heavy atom. The van der Waals surface area contributed by atoms with Gasteiger partial charge in [0.2, 0.25) is 0 Å². The van der Waals surface area contributed by atoms with E-state index in [9.17, 15) is 8.42 Å². The van der Waals surface area contributed by atoms with Crippen LogP contribution in [-0.4, -0.2) is 38.8 Å². The number of nitrogens with one attached hydrogen (secondary N) is 1. The number of tetrazole rings is 1. The van der Waals surface area contributed by atoms with Crippen molar-refractivity contribution < 1.29 is 8.42 Å². The Hall–Kier alpha value is -2.83. The van der Waals surface area contributed by atoms with Crippen molar-refractivity contribution in [2.45, 2.75) is 14.1 Å². The minimum absolute atomic E-state index is 0.114. The van der Waals surface area contributed by atoms with Crippen molar-refractivity contribution in [3.63, 3.8) is 0 Å². The molecule has 0 saturated heterocycles. The van der Waals surface area contributed by atoms with Gasteiger partial charge in [0, 0.05) is 10.6 Å². The third-order valence-electron chi connectivity index (χ3n) is 3.39. The summed E-state index contributed by atoms with van der Waals surface area (Å²) in [6, 6.07) is 13.4. The molecule has 2 aromatic heterocycles. The molecule has 0 aliphatic rings. The minimum Gasteiger partial charge on any atom is -0.280 e. The van der Waals surface area contributed by atoms with E-state index in [0.717, 1.165) is 9.24 Å². The molecule has 2 aromatic carbocycles. The molecule has 0 unspecified atom stereocenters. The van der Waals surface area contributed by atoms with Crippen LogP contribution < -0.4 is 4.72 Å². The fraction of sp³-hybridized carbons (Fsp3) is 0. The Kier molecular flexibility index (Phi) is 4.83. The lowest BCUT2D eigenvalue weighted by atomic mass is 10.3. The topological polar surface area (TPSA) is 116 Å². The van der Waals surface area contributed by atoms with Crippen molar-refractivity contribution in [2.24, 2.45) is 0 Å². The van der Waals surface area contributed by atoms with Crippen molar-refractivity contribution in [1.29, 1.82) is 0 Å². The van der Waals surface area contributed by atoms with Gasteiger partial charge in [0.15, 0.2) is 4.34 Å². The van der Waals surface area contributed by atoms with Gasteiger partial charge in [-0.15, -0.1) is 15.3 Å². The van der Waals surface area contributed by atoms with E-state index in [2.05, 4.69) is 30.4 Å². The van der Waals surface area contributed by atoms with Crippen LogP contribution in [0.25, 0.3) is 5.69 Å². The van der Waals surface area contributed by atoms with E-state index in [1.54, 1.807) is 29.8 Å². The molecule has 0 atom stereocenters. The second kappa shape index (κ2) is 7.42. The molecular weight excluding hydrogens is 406 g/mol. The van der Waals surface area contributed by atoms with Crippen LogP contribution in [0.3, 0.4) is 0 Å². The second-order valence-corrected chi connectivity index (χ2v) is 9.02. The fourth-order valence-corrected chi connectivity index (χ4v) is 4.73. The summed E-state index contributed by atoms with van der Waals surface area (Å²) < 4.78 is 30.1. The Labute approximate surface area is 162 Å². The SMILES string of the molecule is O=S(=O)(Nc1ccc(Sc2nncs2)cc1)c1cccc(-n2cnnn2)c1. The molecule has 0 saturated carbocycles. The summed E-state index contributed by atoms with van der Waals surface area (Å²) in [7, 11) is -3.75. The van der Waals surface area contributed by atoms with E-state index in [0.29, 0.717) is 11.4 Å². The van der Waals surface area contributed by atoms with Crippen molar-refractivity contribution >= 4 is 38.8 Å². The van der Waals surface area contributed by atoms with Gasteiger partial charge in [0.05, 0.1) is 10.6 Å². The van der Waals surface area contributed by atoms with Gasteiger partial charge in [0.1, 0.15) is 11.8 Å². The van der Waals surface area contributed by atoms with Crippen LogP contribution in [0, 0.1) is 0 Å². The number of benzene rings is 2. The lowest BCUT2D eigenvalue weighted by molar-refractivity contribution is 0.601. The maximum absolute atomic E-state index is 12.7. The van der Waals surface area contributed by atoms with E-state index in [-0.39, 0.29) is 4.90 Å². The number of rotatable bonds is 6. The first kappa shape index (κ1) is 17.6. The monoisotopic (exact) mass is 417 g/mol. The van der Waals surface area contributed by atoms with Crippen LogP contribution >= 0.6 is 23.1 Å². The van der Waals surface area contributed by atoms with E-state index < -0.39 is 10.0 Å². The highest BCUT2D eigenvalue weighted by molar-refractivity contribution is 8.01. The maximum atomic E-state index is 12.7. The normalized spacial score (nSPS) is 11.4. The molecule has 0 aliphatic carbocycles. The van der Waals surface area contributed by atoms with E-state index >= 15 is 0 Å². The first-order chi connectivity index (χ1) is 13.1. The molecular formula is C15H11N7O2S3. The molecule has 2 heterocycles. The Morgan fingerprint density at radius 1 is 1.07 bits per heavy atom. The third-order valence-corrected chi connectivity index (χ3v) is 6.56. The lowest BCUT2D eigenvalue weighted by Gasteiger charge is -2.09. The highest BCUT2D eigenvalue weighted by atomic mass is 32.2. The standard InChI is InChI=1S/C15H11N7O2S3/c23-27(24,14-3-1-2-12(8-14)22-9-16-20-21-22)19-11-4-6-13(7-5-11)26-15-18-17-10-25-15/h1-10,19H. The van der Waals surface area contributed by atoms with Gasteiger partial charge in [-0.25, -0.2) is 13.1 Å². The first-order valence-corrected chi connectivity index (χ1v) is 10.7. The van der Waals surface area contributed by atoms with Crippen LogP contribution in [-0.2, 0) is 10.0 Å². The molecule has 0 spiro atoms. The van der Waals surface area contributed by atoms with Gasteiger partial charge in [0.25, 0.3) is 10.0 Å². The van der Waals surface area contributed by atoms with Gasteiger partial charge < -0.3 is 0 Å². The summed E-state index contributed by atoms with van der Waals surface area (Å²) in [6.45, 7) is 0. The molecule has 0 bridgehead atoms.